The first-order chi connectivity index (χ1) is 14.3. The van der Waals surface area contributed by atoms with Crippen molar-refractivity contribution in [1.82, 2.24) is 23.7 Å². The van der Waals surface area contributed by atoms with Crippen LogP contribution in [0.5, 0.6) is 0 Å². The molecule has 0 fully saturated rings. The van der Waals surface area contributed by atoms with Crippen LogP contribution in [0.3, 0.4) is 0 Å². The maximum Gasteiger partial charge on any atom is 0.332 e. The van der Waals surface area contributed by atoms with Crippen molar-refractivity contribution in [3.05, 3.63) is 61.6 Å². The monoisotopic (exact) mass is 448 g/mol. The number of aryl methyl sites for hydroxylation is 1. The van der Waals surface area contributed by atoms with Gasteiger partial charge >= 0.3 is 5.69 Å². The van der Waals surface area contributed by atoms with Gasteiger partial charge in [-0.2, -0.15) is 4.98 Å². The van der Waals surface area contributed by atoms with E-state index in [1.165, 1.54) is 46.7 Å². The van der Waals surface area contributed by atoms with Crippen LogP contribution in [0.1, 0.15) is 0 Å². The molecule has 4 aromatic rings. The maximum absolute atomic E-state index is 13.1. The van der Waals surface area contributed by atoms with Gasteiger partial charge in [-0.15, -0.1) is 11.3 Å². The molecular weight excluding hydrogens is 435 g/mol. The molecule has 1 N–H and O–H groups in total. The molecule has 3 aromatic heterocycles. The smallest absolute Gasteiger partial charge is 0.300 e. The third kappa shape index (κ3) is 3.42. The number of anilines is 1. The van der Waals surface area contributed by atoms with Crippen molar-refractivity contribution in [1.29, 1.82) is 0 Å². The zero-order valence-corrected chi connectivity index (χ0v) is 17.3. The van der Waals surface area contributed by atoms with E-state index in [1.807, 2.05) is 0 Å². The molecule has 0 atom stereocenters. The highest BCUT2D eigenvalue weighted by Gasteiger charge is 2.20. The number of hydrogen-bond donors (Lipinski definition) is 1. The number of nitrogens with zero attached hydrogens (tertiary/aromatic N) is 5. The van der Waals surface area contributed by atoms with Crippen molar-refractivity contribution in [3.8, 4) is 11.3 Å². The van der Waals surface area contributed by atoms with Crippen molar-refractivity contribution >= 4 is 45.1 Å². The molecule has 3 heterocycles. The molecule has 0 aliphatic heterocycles. The van der Waals surface area contributed by atoms with E-state index in [-0.39, 0.29) is 28.8 Å². The molecule has 0 saturated heterocycles. The van der Waals surface area contributed by atoms with Gasteiger partial charge in [-0.3, -0.25) is 23.3 Å². The predicted octanol–water partition coefficient (Wildman–Crippen LogP) is 1.99. The van der Waals surface area contributed by atoms with Crippen LogP contribution in [-0.4, -0.2) is 29.6 Å². The molecule has 30 heavy (non-hydrogen) atoms. The maximum atomic E-state index is 13.1. The molecule has 1 amide bonds. The predicted molar refractivity (Wildman–Crippen MR) is 111 cm³/mol. The number of thiazole rings is 1. The number of halogens is 2. The lowest BCUT2D eigenvalue weighted by Gasteiger charge is -2.07. The van der Waals surface area contributed by atoms with Gasteiger partial charge in [-0.1, -0.05) is 0 Å². The van der Waals surface area contributed by atoms with E-state index < -0.39 is 17.2 Å². The first-order valence-corrected chi connectivity index (χ1v) is 9.85. The fourth-order valence-electron chi connectivity index (χ4n) is 2.95. The number of benzene rings is 1. The third-order valence-electron chi connectivity index (χ3n) is 4.49. The summed E-state index contributed by atoms with van der Waals surface area (Å²) in [5, 5.41) is 4.61. The summed E-state index contributed by atoms with van der Waals surface area (Å²) in [6.45, 7) is -0.297. The van der Waals surface area contributed by atoms with Gasteiger partial charge in [0, 0.05) is 25.0 Å². The summed E-state index contributed by atoms with van der Waals surface area (Å²) in [6, 6.07) is 5.83. The largest absolute Gasteiger partial charge is 0.332 e. The van der Waals surface area contributed by atoms with Gasteiger partial charge in [0.15, 0.2) is 16.3 Å². The van der Waals surface area contributed by atoms with E-state index >= 15 is 0 Å². The van der Waals surface area contributed by atoms with E-state index in [0.717, 1.165) is 4.57 Å². The highest BCUT2D eigenvalue weighted by molar-refractivity contribution is 7.14. The van der Waals surface area contributed by atoms with Crippen molar-refractivity contribution in [3.63, 3.8) is 0 Å². The minimum Gasteiger partial charge on any atom is -0.300 e. The number of carbonyl (C=O) groups is 1. The van der Waals surface area contributed by atoms with E-state index in [2.05, 4.69) is 15.3 Å². The molecule has 0 bridgehead atoms. The van der Waals surface area contributed by atoms with Crippen LogP contribution in [-0.2, 0) is 25.4 Å². The van der Waals surface area contributed by atoms with Gasteiger partial charge in [0.1, 0.15) is 12.4 Å². The zero-order chi connectivity index (χ0) is 21.6. The van der Waals surface area contributed by atoms with Crippen molar-refractivity contribution in [2.45, 2.75) is 6.54 Å². The van der Waals surface area contributed by atoms with Crippen LogP contribution < -0.4 is 16.6 Å². The highest BCUT2D eigenvalue weighted by atomic mass is 35.5. The molecule has 0 aliphatic rings. The number of rotatable bonds is 4. The summed E-state index contributed by atoms with van der Waals surface area (Å²) >= 11 is 7.33. The number of fused-ring (bicyclic) bond motifs is 1. The molecule has 9 nitrogen and oxygen atoms in total. The lowest BCUT2D eigenvalue weighted by atomic mass is 10.2. The van der Waals surface area contributed by atoms with Gasteiger partial charge in [0.25, 0.3) is 5.56 Å². The molecule has 0 unspecified atom stereocenters. The number of nitrogens with one attached hydrogen (secondary N) is 1. The summed E-state index contributed by atoms with van der Waals surface area (Å²) in [7, 11) is 2.80. The number of aromatic nitrogens is 5. The molecule has 12 heteroatoms. The van der Waals surface area contributed by atoms with Crippen LogP contribution in [0.15, 0.2) is 39.2 Å². The van der Waals surface area contributed by atoms with Gasteiger partial charge in [0.2, 0.25) is 11.2 Å². The van der Waals surface area contributed by atoms with E-state index in [0.29, 0.717) is 16.4 Å². The summed E-state index contributed by atoms with van der Waals surface area (Å²) in [4.78, 5) is 45.5. The lowest BCUT2D eigenvalue weighted by molar-refractivity contribution is -0.116. The van der Waals surface area contributed by atoms with Crippen LogP contribution in [0.25, 0.3) is 22.4 Å². The summed E-state index contributed by atoms with van der Waals surface area (Å²) < 4.78 is 16.4. The van der Waals surface area contributed by atoms with Crippen LogP contribution >= 0.6 is 22.9 Å². The SMILES string of the molecule is Cn1c(=O)c2c(nc(Cl)n2CC(=O)Nc2nc(-c3ccc(F)cc3)cs2)n(C)c1=O. The van der Waals surface area contributed by atoms with Gasteiger partial charge < -0.3 is 5.32 Å². The Morgan fingerprint density at radius 3 is 2.57 bits per heavy atom. The van der Waals surface area contributed by atoms with Gasteiger partial charge in [-0.25, -0.2) is 14.2 Å². The summed E-state index contributed by atoms with van der Waals surface area (Å²) in [5.41, 5.74) is 0.286. The van der Waals surface area contributed by atoms with Gasteiger partial charge in [0.05, 0.1) is 5.69 Å². The van der Waals surface area contributed by atoms with Crippen LogP contribution in [0, 0.1) is 5.82 Å². The first-order valence-electron chi connectivity index (χ1n) is 8.59. The van der Waals surface area contributed by atoms with Crippen molar-refractivity contribution < 1.29 is 9.18 Å². The second kappa shape index (κ2) is 7.50. The average molecular weight is 449 g/mol. The number of amides is 1. The Morgan fingerprint density at radius 2 is 1.87 bits per heavy atom. The fraction of sp³-hybridized carbons (Fsp3) is 0.167. The normalized spacial score (nSPS) is 11.2. The summed E-state index contributed by atoms with van der Waals surface area (Å²) in [6.07, 6.45) is 0. The molecule has 0 radical (unpaired) electrons. The molecular formula is C18H14ClFN6O3S. The minimum atomic E-state index is -0.604. The first kappa shape index (κ1) is 20.0. The van der Waals surface area contributed by atoms with Crippen molar-refractivity contribution in [2.75, 3.05) is 5.32 Å². The van der Waals surface area contributed by atoms with Crippen molar-refractivity contribution in [2.24, 2.45) is 14.1 Å². The lowest BCUT2D eigenvalue weighted by Crippen LogP contribution is -2.37. The van der Waals surface area contributed by atoms with E-state index in [9.17, 15) is 18.8 Å². The number of imidazole rings is 1. The number of carbonyl (C=O) groups excluding carboxylic acids is 1. The molecule has 0 aliphatic carbocycles. The number of hydrogen-bond acceptors (Lipinski definition) is 6. The molecule has 0 spiro atoms. The van der Waals surface area contributed by atoms with E-state index in [4.69, 9.17) is 11.6 Å². The van der Waals surface area contributed by atoms with Crippen LogP contribution in [0.4, 0.5) is 9.52 Å². The highest BCUT2D eigenvalue weighted by Crippen LogP contribution is 2.25. The Morgan fingerprint density at radius 1 is 1.17 bits per heavy atom. The second-order valence-corrected chi connectivity index (χ2v) is 7.63. The zero-order valence-electron chi connectivity index (χ0n) is 15.7. The Kier molecular flexibility index (Phi) is 5.00. The quantitative estimate of drug-likeness (QED) is 0.481. The van der Waals surface area contributed by atoms with Gasteiger partial charge in [-0.05, 0) is 35.9 Å². The Labute approximate surface area is 177 Å². The minimum absolute atomic E-state index is 0.0471. The Bertz CT molecular complexity index is 1400. The molecule has 4 rings (SSSR count). The Balaban J connectivity index is 1.60. The molecule has 1 aromatic carbocycles. The fourth-order valence-corrected chi connectivity index (χ4v) is 3.91. The molecule has 154 valence electrons. The second-order valence-electron chi connectivity index (χ2n) is 6.44. The third-order valence-corrected chi connectivity index (χ3v) is 5.54. The average Bonchev–Trinajstić information content (AvgIpc) is 3.30. The molecule has 0 saturated carbocycles. The topological polar surface area (TPSA) is 104 Å². The summed E-state index contributed by atoms with van der Waals surface area (Å²) in [5.74, 6) is -0.831. The van der Waals surface area contributed by atoms with Crippen LogP contribution in [0.2, 0.25) is 5.28 Å². The Hall–Kier alpha value is -3.31. The van der Waals surface area contributed by atoms with E-state index in [1.54, 1.807) is 17.5 Å². The standard InChI is InChI=1S/C18H14ClFN6O3S/c1-24-14-13(15(28)25(2)18(24)29)26(16(19)23-14)7-12(27)22-17-21-11(8-30-17)9-3-5-10(20)6-4-9/h3-6,8H,7H2,1-2H3,(H,21,22,27).